The maximum atomic E-state index is 13.5. The molecule has 0 aliphatic carbocycles. The summed E-state index contributed by atoms with van der Waals surface area (Å²) in [6.45, 7) is 3.89. The molecule has 1 fully saturated rings. The lowest BCUT2D eigenvalue weighted by atomic mass is 10.1. The number of alkyl halides is 3. The molecule has 0 aromatic heterocycles. The molecule has 0 spiro atoms. The topological polar surface area (TPSA) is 59.5 Å². The molecule has 0 bridgehead atoms. The third-order valence-electron chi connectivity index (χ3n) is 6.30. The lowest BCUT2D eigenvalue weighted by Crippen LogP contribution is -2.63. The van der Waals surface area contributed by atoms with Crippen LogP contribution in [0.4, 0.5) is 23.7 Å². The van der Waals surface area contributed by atoms with E-state index in [0.29, 0.717) is 17.3 Å². The van der Waals surface area contributed by atoms with Gasteiger partial charge in [-0.2, -0.15) is 13.2 Å². The SMILES string of the molecule is CC1=CN2C(=NC3C2C(=O)N(Cc2ccc(C)cc2)C(=O)N3C)N1c1ccc(C(F)(F)F)cc1. The molecule has 176 valence electrons. The summed E-state index contributed by atoms with van der Waals surface area (Å²) < 4.78 is 39.0. The molecular weight excluding hydrogens is 447 g/mol. The van der Waals surface area contributed by atoms with Crippen LogP contribution in [0.15, 0.2) is 65.4 Å². The molecule has 2 unspecified atom stereocenters. The summed E-state index contributed by atoms with van der Waals surface area (Å²) in [4.78, 5) is 37.2. The van der Waals surface area contributed by atoms with Gasteiger partial charge in [0.05, 0.1) is 12.1 Å². The van der Waals surface area contributed by atoms with Crippen LogP contribution in [0.3, 0.4) is 0 Å². The van der Waals surface area contributed by atoms with E-state index < -0.39 is 30.0 Å². The number of anilines is 1. The highest BCUT2D eigenvalue weighted by Crippen LogP contribution is 2.38. The minimum Gasteiger partial charge on any atom is -0.302 e. The zero-order valence-corrected chi connectivity index (χ0v) is 18.7. The molecule has 34 heavy (non-hydrogen) atoms. The first-order valence-corrected chi connectivity index (χ1v) is 10.7. The maximum Gasteiger partial charge on any atom is 0.416 e. The van der Waals surface area contributed by atoms with Gasteiger partial charge in [0.2, 0.25) is 5.96 Å². The smallest absolute Gasteiger partial charge is 0.302 e. The van der Waals surface area contributed by atoms with Crippen LogP contribution in [-0.4, -0.2) is 51.9 Å². The zero-order valence-electron chi connectivity index (χ0n) is 18.7. The standard InChI is InChI=1S/C24H22F3N5O2/c1-14-4-6-16(7-5-14)13-31-21(33)19-20(29(3)23(31)34)28-22-30(19)12-15(2)32(22)18-10-8-17(9-11-18)24(25,26)27/h4-12,19-20H,13H2,1-3H3. The number of guanidine groups is 1. The molecule has 7 nitrogen and oxygen atoms in total. The van der Waals surface area contributed by atoms with Crippen LogP contribution in [0.2, 0.25) is 0 Å². The van der Waals surface area contributed by atoms with Crippen molar-refractivity contribution in [2.45, 2.75) is 38.8 Å². The Morgan fingerprint density at radius 2 is 1.62 bits per heavy atom. The second-order valence-corrected chi connectivity index (χ2v) is 8.65. The molecule has 0 N–H and O–H groups in total. The predicted molar refractivity (Wildman–Crippen MR) is 119 cm³/mol. The van der Waals surface area contributed by atoms with E-state index in [1.165, 1.54) is 21.9 Å². The Morgan fingerprint density at radius 3 is 2.24 bits per heavy atom. The Morgan fingerprint density at radius 1 is 0.971 bits per heavy atom. The number of amides is 3. The number of carbonyl (C=O) groups is 2. The van der Waals surface area contributed by atoms with Crippen molar-refractivity contribution in [3.05, 3.63) is 77.1 Å². The van der Waals surface area contributed by atoms with Crippen LogP contribution in [0, 0.1) is 6.92 Å². The van der Waals surface area contributed by atoms with E-state index in [4.69, 9.17) is 0 Å². The average molecular weight is 469 g/mol. The van der Waals surface area contributed by atoms with Gasteiger partial charge in [0, 0.05) is 24.6 Å². The Hall–Kier alpha value is -3.82. The van der Waals surface area contributed by atoms with Gasteiger partial charge >= 0.3 is 12.2 Å². The number of nitrogens with zero attached hydrogens (tertiary/aromatic N) is 5. The number of allylic oxidation sites excluding steroid dienone is 1. The molecule has 3 heterocycles. The molecule has 3 aliphatic heterocycles. The first kappa shape index (κ1) is 22.0. The molecule has 10 heteroatoms. The minimum absolute atomic E-state index is 0.139. The molecule has 5 rings (SSSR count). The van der Waals surface area contributed by atoms with Crippen molar-refractivity contribution < 1.29 is 22.8 Å². The van der Waals surface area contributed by atoms with Gasteiger partial charge in [-0.3, -0.25) is 14.6 Å². The Balaban J connectivity index is 1.44. The molecule has 2 aromatic carbocycles. The average Bonchev–Trinajstić information content (AvgIpc) is 3.30. The van der Waals surface area contributed by atoms with Gasteiger partial charge < -0.3 is 9.80 Å². The van der Waals surface area contributed by atoms with Gasteiger partial charge in [0.15, 0.2) is 12.2 Å². The summed E-state index contributed by atoms with van der Waals surface area (Å²) in [6.07, 6.45) is -3.42. The van der Waals surface area contributed by atoms with E-state index in [0.717, 1.165) is 23.3 Å². The van der Waals surface area contributed by atoms with Gasteiger partial charge in [0.1, 0.15) is 0 Å². The monoisotopic (exact) mass is 469 g/mol. The number of halogens is 3. The van der Waals surface area contributed by atoms with Crippen LogP contribution >= 0.6 is 0 Å². The van der Waals surface area contributed by atoms with Crippen molar-refractivity contribution in [3.63, 3.8) is 0 Å². The first-order chi connectivity index (χ1) is 16.1. The zero-order chi connectivity index (χ0) is 24.4. The fourth-order valence-corrected chi connectivity index (χ4v) is 4.49. The molecule has 0 saturated carbocycles. The van der Waals surface area contributed by atoms with E-state index in [2.05, 4.69) is 4.99 Å². The summed E-state index contributed by atoms with van der Waals surface area (Å²) in [6, 6.07) is 11.2. The van der Waals surface area contributed by atoms with E-state index in [1.807, 2.05) is 31.2 Å². The highest BCUT2D eigenvalue weighted by molar-refractivity contribution is 6.09. The van der Waals surface area contributed by atoms with Crippen LogP contribution in [0.1, 0.15) is 23.6 Å². The van der Waals surface area contributed by atoms with Gasteiger partial charge in [-0.15, -0.1) is 0 Å². The van der Waals surface area contributed by atoms with E-state index in [1.54, 1.807) is 30.0 Å². The molecular formula is C24H22F3N5O2. The van der Waals surface area contributed by atoms with Crippen molar-refractivity contribution >= 4 is 23.6 Å². The largest absolute Gasteiger partial charge is 0.416 e. The van der Waals surface area contributed by atoms with E-state index in [9.17, 15) is 22.8 Å². The summed E-state index contributed by atoms with van der Waals surface area (Å²) in [7, 11) is 1.60. The number of imide groups is 1. The lowest BCUT2D eigenvalue weighted by Gasteiger charge is -2.40. The summed E-state index contributed by atoms with van der Waals surface area (Å²) >= 11 is 0. The number of aryl methyl sites for hydroxylation is 1. The van der Waals surface area contributed by atoms with Crippen LogP contribution < -0.4 is 4.90 Å². The van der Waals surface area contributed by atoms with Crippen molar-refractivity contribution in [2.75, 3.05) is 11.9 Å². The Kier molecular flexibility index (Phi) is 4.92. The Labute approximate surface area is 194 Å². The van der Waals surface area contributed by atoms with E-state index in [-0.39, 0.29) is 12.5 Å². The number of fused-ring (bicyclic) bond motifs is 3. The van der Waals surface area contributed by atoms with Crippen molar-refractivity contribution in [1.29, 1.82) is 0 Å². The van der Waals surface area contributed by atoms with Crippen LogP contribution in [-0.2, 0) is 17.5 Å². The maximum absolute atomic E-state index is 13.5. The minimum atomic E-state index is -4.43. The van der Waals surface area contributed by atoms with Crippen molar-refractivity contribution in [2.24, 2.45) is 4.99 Å². The van der Waals surface area contributed by atoms with Gasteiger partial charge in [-0.1, -0.05) is 29.8 Å². The molecule has 0 radical (unpaired) electrons. The molecule has 2 aromatic rings. The number of hydrogen-bond donors (Lipinski definition) is 0. The number of aliphatic imine (C=N–C) groups is 1. The normalized spacial score (nSPS) is 22.2. The summed E-state index contributed by atoms with van der Waals surface area (Å²) in [5.41, 5.74) is 2.35. The van der Waals surface area contributed by atoms with Crippen molar-refractivity contribution in [1.82, 2.24) is 14.7 Å². The van der Waals surface area contributed by atoms with Crippen LogP contribution in [0.5, 0.6) is 0 Å². The predicted octanol–water partition coefficient (Wildman–Crippen LogP) is 4.16. The lowest BCUT2D eigenvalue weighted by molar-refractivity contribution is -0.138. The number of benzene rings is 2. The Bertz CT molecular complexity index is 1220. The number of hydrogen-bond acceptors (Lipinski definition) is 5. The molecule has 3 amide bonds. The number of carbonyl (C=O) groups excluding carboxylic acids is 2. The molecule has 2 atom stereocenters. The fourth-order valence-electron chi connectivity index (χ4n) is 4.49. The quantitative estimate of drug-likeness (QED) is 0.678. The number of likely N-dealkylation sites (N-methyl/N-ethyl adjacent to an activating group) is 1. The van der Waals surface area contributed by atoms with Crippen molar-refractivity contribution in [3.8, 4) is 0 Å². The van der Waals surface area contributed by atoms with Gasteiger partial charge in [-0.05, 0) is 43.7 Å². The second kappa shape index (κ2) is 7.61. The number of urea groups is 1. The molecule has 3 aliphatic rings. The third kappa shape index (κ3) is 3.41. The highest BCUT2D eigenvalue weighted by atomic mass is 19.4. The fraction of sp³-hybridized carbons (Fsp3) is 0.292. The van der Waals surface area contributed by atoms with Gasteiger partial charge in [0.25, 0.3) is 5.91 Å². The van der Waals surface area contributed by atoms with E-state index >= 15 is 0 Å². The highest BCUT2D eigenvalue weighted by Gasteiger charge is 2.54. The first-order valence-electron chi connectivity index (χ1n) is 10.7. The number of rotatable bonds is 3. The van der Waals surface area contributed by atoms with Crippen LogP contribution in [0.25, 0.3) is 0 Å². The molecule has 1 saturated heterocycles. The summed E-state index contributed by atoms with van der Waals surface area (Å²) in [5.74, 6) is 0.0307. The van der Waals surface area contributed by atoms with Gasteiger partial charge in [-0.25, -0.2) is 9.79 Å². The third-order valence-corrected chi connectivity index (χ3v) is 6.30. The second-order valence-electron chi connectivity index (χ2n) is 8.65. The summed E-state index contributed by atoms with van der Waals surface area (Å²) in [5, 5.41) is 0.